The first-order chi connectivity index (χ1) is 11.0. The quantitative estimate of drug-likeness (QED) is 0.827. The summed E-state index contributed by atoms with van der Waals surface area (Å²) >= 11 is 0. The third kappa shape index (κ3) is 6.31. The van der Waals surface area contributed by atoms with Crippen molar-refractivity contribution >= 4 is 17.8 Å². The minimum atomic E-state index is -1.34. The lowest BCUT2D eigenvalue weighted by Gasteiger charge is -2.22. The van der Waals surface area contributed by atoms with Crippen molar-refractivity contribution in [1.29, 1.82) is 0 Å². The molecule has 0 heterocycles. The number of rotatable bonds is 5. The first-order valence-corrected chi connectivity index (χ1v) is 7.08. The van der Waals surface area contributed by atoms with Crippen LogP contribution in [0, 0.1) is 11.6 Å². The lowest BCUT2D eigenvalue weighted by atomic mass is 10.1. The fraction of sp³-hybridized carbons (Fsp3) is 0.438. The molecule has 0 radical (unpaired) electrons. The second kappa shape index (κ2) is 7.85. The van der Waals surface area contributed by atoms with Crippen LogP contribution in [0.2, 0.25) is 0 Å². The highest BCUT2D eigenvalue weighted by atomic mass is 19.1. The Morgan fingerprint density at radius 3 is 2.12 bits per heavy atom. The van der Waals surface area contributed by atoms with Gasteiger partial charge in [-0.15, -0.1) is 0 Å². The summed E-state index contributed by atoms with van der Waals surface area (Å²) in [4.78, 5) is 35.6. The summed E-state index contributed by atoms with van der Waals surface area (Å²) in [7, 11) is 1.08. The van der Waals surface area contributed by atoms with E-state index in [0.717, 1.165) is 19.2 Å². The molecular formula is C16H19F2NO5. The van der Waals surface area contributed by atoms with Gasteiger partial charge in [0.05, 0.1) is 13.5 Å². The van der Waals surface area contributed by atoms with Crippen LogP contribution in [0.3, 0.4) is 0 Å². The summed E-state index contributed by atoms with van der Waals surface area (Å²) in [6.07, 6.45) is -0.479. The molecule has 0 aliphatic carbocycles. The first kappa shape index (κ1) is 19.5. The molecule has 0 unspecified atom stereocenters. The highest BCUT2D eigenvalue weighted by molar-refractivity contribution is 5.97. The molecule has 0 aliphatic heterocycles. The van der Waals surface area contributed by atoms with Crippen molar-refractivity contribution in [3.63, 3.8) is 0 Å². The number of carbonyl (C=O) groups is 3. The zero-order valence-corrected chi connectivity index (χ0v) is 13.8. The van der Waals surface area contributed by atoms with Crippen LogP contribution in [-0.2, 0) is 19.1 Å². The molecule has 1 atom stereocenters. The molecule has 0 aromatic heterocycles. The van der Waals surface area contributed by atoms with Crippen LogP contribution in [0.1, 0.15) is 37.6 Å². The van der Waals surface area contributed by atoms with Gasteiger partial charge in [-0.25, -0.2) is 13.6 Å². The van der Waals surface area contributed by atoms with Crippen LogP contribution in [0.4, 0.5) is 8.78 Å². The molecule has 132 valence electrons. The fourth-order valence-electron chi connectivity index (χ4n) is 1.81. The molecule has 1 aromatic carbocycles. The highest BCUT2D eigenvalue weighted by Crippen LogP contribution is 2.12. The van der Waals surface area contributed by atoms with Crippen molar-refractivity contribution in [1.82, 2.24) is 5.32 Å². The molecule has 0 saturated carbocycles. The second-order valence-electron chi connectivity index (χ2n) is 6.00. The topological polar surface area (TPSA) is 81.7 Å². The van der Waals surface area contributed by atoms with Gasteiger partial charge in [0.2, 0.25) is 0 Å². The number of ether oxygens (including phenoxy) is 2. The van der Waals surface area contributed by atoms with Gasteiger partial charge in [-0.3, -0.25) is 9.59 Å². The molecule has 1 N–H and O–H groups in total. The number of benzene rings is 1. The van der Waals surface area contributed by atoms with Crippen LogP contribution in [-0.4, -0.2) is 36.6 Å². The van der Waals surface area contributed by atoms with Crippen molar-refractivity contribution in [2.45, 2.75) is 38.8 Å². The lowest BCUT2D eigenvalue weighted by Crippen LogP contribution is -2.44. The molecule has 1 aromatic rings. The van der Waals surface area contributed by atoms with Gasteiger partial charge in [-0.05, 0) is 32.9 Å². The standard InChI is InChI=1S/C16H19F2NO5/c1-16(2,3)24-13(20)8-12(15(22)23-4)19-14(21)9-5-10(17)7-11(18)6-9/h5-7,12H,8H2,1-4H3,(H,19,21)/t12-/m1/s1. The van der Waals surface area contributed by atoms with Gasteiger partial charge >= 0.3 is 11.9 Å². The Morgan fingerprint density at radius 1 is 1.12 bits per heavy atom. The van der Waals surface area contributed by atoms with E-state index in [2.05, 4.69) is 10.1 Å². The third-order valence-corrected chi connectivity index (χ3v) is 2.71. The first-order valence-electron chi connectivity index (χ1n) is 7.08. The largest absolute Gasteiger partial charge is 0.467 e. The van der Waals surface area contributed by atoms with Crippen molar-refractivity contribution in [2.24, 2.45) is 0 Å². The monoisotopic (exact) mass is 343 g/mol. The van der Waals surface area contributed by atoms with E-state index in [1.165, 1.54) is 0 Å². The summed E-state index contributed by atoms with van der Waals surface area (Å²) in [5.41, 5.74) is -1.10. The fourth-order valence-corrected chi connectivity index (χ4v) is 1.81. The van der Waals surface area contributed by atoms with Crippen molar-refractivity contribution in [3.05, 3.63) is 35.4 Å². The Kier molecular flexibility index (Phi) is 6.39. The molecule has 24 heavy (non-hydrogen) atoms. The van der Waals surface area contributed by atoms with Gasteiger partial charge in [0, 0.05) is 11.6 Å². The average Bonchev–Trinajstić information content (AvgIpc) is 2.42. The minimum Gasteiger partial charge on any atom is -0.467 e. The average molecular weight is 343 g/mol. The maximum Gasteiger partial charge on any atom is 0.328 e. The van der Waals surface area contributed by atoms with Gasteiger partial charge in [0.1, 0.15) is 23.3 Å². The van der Waals surface area contributed by atoms with Crippen LogP contribution < -0.4 is 5.32 Å². The number of hydrogen-bond acceptors (Lipinski definition) is 5. The number of halogens is 2. The van der Waals surface area contributed by atoms with E-state index in [0.29, 0.717) is 6.07 Å². The molecule has 1 amide bonds. The Morgan fingerprint density at radius 2 is 1.67 bits per heavy atom. The number of methoxy groups -OCH3 is 1. The van der Waals surface area contributed by atoms with E-state index < -0.39 is 47.5 Å². The van der Waals surface area contributed by atoms with Crippen LogP contribution >= 0.6 is 0 Å². The van der Waals surface area contributed by atoms with Gasteiger partial charge in [0.15, 0.2) is 0 Å². The van der Waals surface area contributed by atoms with Crippen molar-refractivity contribution in [3.8, 4) is 0 Å². The minimum absolute atomic E-state index is 0.328. The predicted molar refractivity (Wildman–Crippen MR) is 80.1 cm³/mol. The molecular weight excluding hydrogens is 324 g/mol. The zero-order chi connectivity index (χ0) is 18.5. The van der Waals surface area contributed by atoms with Gasteiger partial charge in [0.25, 0.3) is 5.91 Å². The summed E-state index contributed by atoms with van der Waals surface area (Å²) in [6.45, 7) is 4.93. The number of esters is 2. The number of nitrogens with one attached hydrogen (secondary N) is 1. The maximum absolute atomic E-state index is 13.2. The van der Waals surface area contributed by atoms with E-state index in [-0.39, 0.29) is 5.56 Å². The predicted octanol–water partition coefficient (Wildman–Crippen LogP) is 1.97. The second-order valence-corrected chi connectivity index (χ2v) is 6.00. The summed E-state index contributed by atoms with van der Waals surface area (Å²) in [5, 5.41) is 2.21. The Balaban J connectivity index is 2.87. The van der Waals surface area contributed by atoms with Crippen molar-refractivity contribution in [2.75, 3.05) is 7.11 Å². The summed E-state index contributed by atoms with van der Waals surface area (Å²) < 4.78 is 35.9. The Hall–Kier alpha value is -2.51. The molecule has 0 bridgehead atoms. The summed E-state index contributed by atoms with van der Waals surface area (Å²) in [5.74, 6) is -4.43. The molecule has 0 spiro atoms. The maximum atomic E-state index is 13.2. The van der Waals surface area contributed by atoms with E-state index in [1.54, 1.807) is 20.8 Å². The number of amides is 1. The van der Waals surface area contributed by atoms with Crippen molar-refractivity contribution < 1.29 is 32.6 Å². The normalized spacial score (nSPS) is 12.2. The third-order valence-electron chi connectivity index (χ3n) is 2.71. The molecule has 0 saturated heterocycles. The van der Waals surface area contributed by atoms with E-state index >= 15 is 0 Å². The highest BCUT2D eigenvalue weighted by Gasteiger charge is 2.28. The number of hydrogen-bond donors (Lipinski definition) is 1. The molecule has 0 fully saturated rings. The lowest BCUT2D eigenvalue weighted by molar-refractivity contribution is -0.158. The van der Waals surface area contributed by atoms with Crippen LogP contribution in [0.15, 0.2) is 18.2 Å². The molecule has 1 rings (SSSR count). The molecule has 8 heteroatoms. The van der Waals surface area contributed by atoms with Crippen LogP contribution in [0.5, 0.6) is 0 Å². The van der Waals surface area contributed by atoms with Gasteiger partial charge < -0.3 is 14.8 Å². The van der Waals surface area contributed by atoms with Gasteiger partial charge in [-0.1, -0.05) is 0 Å². The summed E-state index contributed by atoms with van der Waals surface area (Å²) in [6, 6.07) is 0.874. The SMILES string of the molecule is COC(=O)[C@@H](CC(=O)OC(C)(C)C)NC(=O)c1cc(F)cc(F)c1. The van der Waals surface area contributed by atoms with E-state index in [9.17, 15) is 23.2 Å². The zero-order valence-electron chi connectivity index (χ0n) is 13.8. The van der Waals surface area contributed by atoms with Gasteiger partial charge in [-0.2, -0.15) is 0 Å². The number of carbonyl (C=O) groups excluding carboxylic acids is 3. The molecule has 0 aliphatic rings. The van der Waals surface area contributed by atoms with E-state index in [1.807, 2.05) is 0 Å². The Bertz CT molecular complexity index is 620. The van der Waals surface area contributed by atoms with E-state index in [4.69, 9.17) is 4.74 Å². The van der Waals surface area contributed by atoms with Crippen LogP contribution in [0.25, 0.3) is 0 Å². The molecule has 6 nitrogen and oxygen atoms in total. The Labute approximate surface area is 138 Å². The smallest absolute Gasteiger partial charge is 0.328 e.